The van der Waals surface area contributed by atoms with Crippen LogP contribution >= 0.6 is 0 Å². The zero-order valence-corrected chi connectivity index (χ0v) is 14.8. The molecule has 0 spiro atoms. The third-order valence-electron chi connectivity index (χ3n) is 5.37. The Labute approximate surface area is 143 Å². The van der Waals surface area contributed by atoms with E-state index in [2.05, 4.69) is 43.9 Å². The number of hydrogen-bond acceptors (Lipinski definition) is 3. The fourth-order valence-corrected chi connectivity index (χ4v) is 4.27. The number of fused-ring (bicyclic) bond motifs is 2. The van der Waals surface area contributed by atoms with E-state index in [4.69, 9.17) is 4.74 Å². The molecule has 2 aromatic rings. The van der Waals surface area contributed by atoms with Gasteiger partial charge in [0, 0.05) is 12.6 Å². The van der Waals surface area contributed by atoms with Crippen molar-refractivity contribution in [3.8, 4) is 0 Å². The number of cyclic esters (lactones) is 1. The minimum atomic E-state index is -0.356. The minimum Gasteiger partial charge on any atom is -0.433 e. The largest absolute Gasteiger partial charge is 0.433 e. The predicted octanol–water partition coefficient (Wildman–Crippen LogP) is 4.41. The van der Waals surface area contributed by atoms with Crippen LogP contribution in [0.25, 0.3) is 0 Å². The van der Waals surface area contributed by atoms with Crippen molar-refractivity contribution in [1.82, 2.24) is 0 Å². The standard InChI is InChI=1S/C21H23NO2/c1-12-8-13(2)19(14(3)9-12)20-22(4)18-11-16-7-5-6-15(16)10-17(18)21(23)24-20/h8-11,20H,5-7H2,1-4H3. The van der Waals surface area contributed by atoms with Crippen LogP contribution in [0.2, 0.25) is 0 Å². The first-order valence-electron chi connectivity index (χ1n) is 8.63. The van der Waals surface area contributed by atoms with E-state index < -0.39 is 0 Å². The third kappa shape index (κ3) is 2.22. The highest BCUT2D eigenvalue weighted by atomic mass is 16.6. The molecule has 0 fully saturated rings. The molecule has 0 saturated heterocycles. The number of hydrogen-bond donors (Lipinski definition) is 0. The van der Waals surface area contributed by atoms with Gasteiger partial charge in [0.15, 0.2) is 0 Å². The van der Waals surface area contributed by atoms with Crippen LogP contribution in [0.15, 0.2) is 24.3 Å². The molecular weight excluding hydrogens is 298 g/mol. The maximum Gasteiger partial charge on any atom is 0.342 e. The van der Waals surface area contributed by atoms with E-state index in [1.807, 2.05) is 13.1 Å². The van der Waals surface area contributed by atoms with Gasteiger partial charge < -0.3 is 9.64 Å². The summed E-state index contributed by atoms with van der Waals surface area (Å²) in [5, 5.41) is 0. The van der Waals surface area contributed by atoms with Crippen LogP contribution in [0.1, 0.15) is 56.4 Å². The van der Waals surface area contributed by atoms with Gasteiger partial charge in [-0.15, -0.1) is 0 Å². The zero-order chi connectivity index (χ0) is 17.0. The lowest BCUT2D eigenvalue weighted by Crippen LogP contribution is -2.35. The molecule has 3 nitrogen and oxygen atoms in total. The molecule has 1 aliphatic carbocycles. The van der Waals surface area contributed by atoms with Crippen LogP contribution in [0.3, 0.4) is 0 Å². The van der Waals surface area contributed by atoms with Gasteiger partial charge in [0.2, 0.25) is 6.23 Å². The topological polar surface area (TPSA) is 29.5 Å². The van der Waals surface area contributed by atoms with Crippen LogP contribution in [-0.4, -0.2) is 13.0 Å². The van der Waals surface area contributed by atoms with Gasteiger partial charge in [0.25, 0.3) is 0 Å². The van der Waals surface area contributed by atoms with Gasteiger partial charge >= 0.3 is 5.97 Å². The Morgan fingerprint density at radius 1 is 1.00 bits per heavy atom. The normalized spacial score (nSPS) is 19.1. The summed E-state index contributed by atoms with van der Waals surface area (Å²) in [6.07, 6.45) is 3.00. The molecule has 0 radical (unpaired) electrons. The molecule has 0 aromatic heterocycles. The van der Waals surface area contributed by atoms with Gasteiger partial charge in [0.05, 0.1) is 11.3 Å². The quantitative estimate of drug-likeness (QED) is 0.729. The number of anilines is 1. The number of carbonyl (C=O) groups excluding carboxylic acids is 1. The second-order valence-corrected chi connectivity index (χ2v) is 7.17. The first-order valence-corrected chi connectivity index (χ1v) is 8.63. The molecule has 1 atom stereocenters. The Morgan fingerprint density at radius 3 is 2.29 bits per heavy atom. The Balaban J connectivity index is 1.83. The number of rotatable bonds is 1. The monoisotopic (exact) mass is 321 g/mol. The summed E-state index contributed by atoms with van der Waals surface area (Å²) in [5.41, 5.74) is 9.06. The van der Waals surface area contributed by atoms with E-state index in [0.717, 1.165) is 24.1 Å². The number of nitrogens with zero attached hydrogens (tertiary/aromatic N) is 1. The number of carbonyl (C=O) groups is 1. The maximum atomic E-state index is 12.7. The average Bonchev–Trinajstić information content (AvgIpc) is 2.97. The Morgan fingerprint density at radius 2 is 1.62 bits per heavy atom. The average molecular weight is 321 g/mol. The molecule has 1 unspecified atom stereocenters. The Hall–Kier alpha value is -2.29. The number of ether oxygens (including phenoxy) is 1. The predicted molar refractivity (Wildman–Crippen MR) is 95.7 cm³/mol. The summed E-state index contributed by atoms with van der Waals surface area (Å²) < 4.78 is 5.86. The molecule has 124 valence electrons. The van der Waals surface area contributed by atoms with Crippen molar-refractivity contribution in [1.29, 1.82) is 0 Å². The first kappa shape index (κ1) is 15.3. The first-order chi connectivity index (χ1) is 11.5. The fourth-order valence-electron chi connectivity index (χ4n) is 4.27. The Kier molecular flexibility index (Phi) is 3.41. The molecular formula is C21H23NO2. The van der Waals surface area contributed by atoms with Gasteiger partial charge in [-0.3, -0.25) is 0 Å². The van der Waals surface area contributed by atoms with Crippen molar-refractivity contribution in [2.24, 2.45) is 0 Å². The number of esters is 1. The van der Waals surface area contributed by atoms with Crippen molar-refractivity contribution < 1.29 is 9.53 Å². The molecule has 3 heteroatoms. The van der Waals surface area contributed by atoms with Gasteiger partial charge in [-0.05, 0) is 74.4 Å². The molecule has 0 bridgehead atoms. The summed E-state index contributed by atoms with van der Waals surface area (Å²) in [6.45, 7) is 6.28. The molecule has 0 N–H and O–H groups in total. The van der Waals surface area contributed by atoms with Crippen molar-refractivity contribution >= 4 is 11.7 Å². The molecule has 0 amide bonds. The smallest absolute Gasteiger partial charge is 0.342 e. The van der Waals surface area contributed by atoms with E-state index in [-0.39, 0.29) is 12.2 Å². The number of benzene rings is 2. The van der Waals surface area contributed by atoms with Gasteiger partial charge in [-0.2, -0.15) is 0 Å². The highest BCUT2D eigenvalue weighted by Crippen LogP contribution is 2.40. The van der Waals surface area contributed by atoms with E-state index in [1.54, 1.807) is 0 Å². The lowest BCUT2D eigenvalue weighted by Gasteiger charge is -2.37. The summed E-state index contributed by atoms with van der Waals surface area (Å²) in [4.78, 5) is 14.8. The van der Waals surface area contributed by atoms with E-state index >= 15 is 0 Å². The van der Waals surface area contributed by atoms with Crippen molar-refractivity contribution in [2.45, 2.75) is 46.3 Å². The number of aryl methyl sites for hydroxylation is 5. The molecule has 4 rings (SSSR count). The van der Waals surface area contributed by atoms with Crippen LogP contribution in [0, 0.1) is 20.8 Å². The molecule has 2 aliphatic rings. The molecule has 1 aliphatic heterocycles. The fraction of sp³-hybridized carbons (Fsp3) is 0.381. The lowest BCUT2D eigenvalue weighted by molar-refractivity contribution is 0.0261. The minimum absolute atomic E-state index is 0.206. The summed E-state index contributed by atoms with van der Waals surface area (Å²) in [5.74, 6) is -0.206. The van der Waals surface area contributed by atoms with E-state index in [0.29, 0.717) is 5.56 Å². The summed E-state index contributed by atoms with van der Waals surface area (Å²) in [6, 6.07) is 8.55. The molecule has 2 aromatic carbocycles. The van der Waals surface area contributed by atoms with Crippen LogP contribution in [0.5, 0.6) is 0 Å². The van der Waals surface area contributed by atoms with Gasteiger partial charge in [0.1, 0.15) is 0 Å². The van der Waals surface area contributed by atoms with Gasteiger partial charge in [-0.1, -0.05) is 17.7 Å². The zero-order valence-electron chi connectivity index (χ0n) is 14.8. The highest BCUT2D eigenvalue weighted by molar-refractivity contribution is 5.98. The summed E-state index contributed by atoms with van der Waals surface area (Å²) in [7, 11) is 2.02. The van der Waals surface area contributed by atoms with Crippen LogP contribution in [-0.2, 0) is 17.6 Å². The third-order valence-corrected chi connectivity index (χ3v) is 5.37. The lowest BCUT2D eigenvalue weighted by atomic mass is 9.95. The van der Waals surface area contributed by atoms with Crippen molar-refractivity contribution in [2.75, 3.05) is 11.9 Å². The van der Waals surface area contributed by atoms with Gasteiger partial charge in [-0.25, -0.2) is 4.79 Å². The summed E-state index contributed by atoms with van der Waals surface area (Å²) >= 11 is 0. The van der Waals surface area contributed by atoms with Crippen molar-refractivity contribution in [3.05, 3.63) is 63.2 Å². The SMILES string of the molecule is Cc1cc(C)c(C2OC(=O)c3cc4c(cc3N2C)CCC4)c(C)c1. The highest BCUT2D eigenvalue weighted by Gasteiger charge is 2.34. The second kappa shape index (κ2) is 5.37. The van der Waals surface area contributed by atoms with Crippen molar-refractivity contribution in [3.63, 3.8) is 0 Å². The van der Waals surface area contributed by atoms with Crippen LogP contribution < -0.4 is 4.90 Å². The van der Waals surface area contributed by atoms with E-state index in [1.165, 1.54) is 34.2 Å². The van der Waals surface area contributed by atoms with Crippen LogP contribution in [0.4, 0.5) is 5.69 Å². The second-order valence-electron chi connectivity index (χ2n) is 7.17. The molecule has 24 heavy (non-hydrogen) atoms. The Bertz CT molecular complexity index is 830. The molecule has 1 heterocycles. The maximum absolute atomic E-state index is 12.7. The molecule has 0 saturated carbocycles. The van der Waals surface area contributed by atoms with E-state index in [9.17, 15) is 4.79 Å².